The molecular formula is C13H18N4O4. The summed E-state index contributed by atoms with van der Waals surface area (Å²) >= 11 is 0. The molecule has 8 heteroatoms. The molecule has 1 aliphatic rings. The van der Waals surface area contributed by atoms with Crippen molar-refractivity contribution in [2.45, 2.75) is 13.0 Å². The van der Waals surface area contributed by atoms with Crippen LogP contribution in [0.15, 0.2) is 12.3 Å². The second-order valence-corrected chi connectivity index (χ2v) is 4.40. The molecule has 0 saturated carbocycles. The molecule has 114 valence electrons. The van der Waals surface area contributed by atoms with E-state index in [1.807, 2.05) is 4.90 Å². The largest absolute Gasteiger partial charge is 0.464 e. The zero-order valence-electron chi connectivity index (χ0n) is 12.0. The van der Waals surface area contributed by atoms with Gasteiger partial charge in [0.25, 0.3) is 0 Å². The predicted molar refractivity (Wildman–Crippen MR) is 74.0 cm³/mol. The van der Waals surface area contributed by atoms with Crippen molar-refractivity contribution in [3.63, 3.8) is 0 Å². The number of carbonyl (C=O) groups is 2. The van der Waals surface area contributed by atoms with E-state index in [9.17, 15) is 9.59 Å². The van der Waals surface area contributed by atoms with Gasteiger partial charge in [0.15, 0.2) is 0 Å². The normalized spacial score (nSPS) is 18.2. The number of rotatable bonds is 4. The van der Waals surface area contributed by atoms with Crippen molar-refractivity contribution in [3.05, 3.63) is 18.1 Å². The molecule has 0 aliphatic carbocycles. The van der Waals surface area contributed by atoms with E-state index < -0.39 is 12.0 Å². The standard InChI is InChI=1S/C13H18N4O4/c1-3-21-12(18)9-8-14-6-7-17(9)10-4-5-15-11(16-10)13(19)20-2/h4-5,9,14H,3,6-8H2,1-2H3. The number of hydrogen-bond acceptors (Lipinski definition) is 8. The Labute approximate surface area is 122 Å². The molecule has 0 amide bonds. The number of nitrogens with one attached hydrogen (secondary N) is 1. The fourth-order valence-electron chi connectivity index (χ4n) is 2.13. The zero-order chi connectivity index (χ0) is 15.2. The highest BCUT2D eigenvalue weighted by Gasteiger charge is 2.31. The summed E-state index contributed by atoms with van der Waals surface area (Å²) in [5, 5.41) is 3.14. The molecule has 1 unspecified atom stereocenters. The fourth-order valence-corrected chi connectivity index (χ4v) is 2.13. The lowest BCUT2D eigenvalue weighted by atomic mass is 10.2. The third-order valence-electron chi connectivity index (χ3n) is 3.11. The van der Waals surface area contributed by atoms with Crippen LogP contribution in [0.4, 0.5) is 5.82 Å². The average molecular weight is 294 g/mol. The van der Waals surface area contributed by atoms with Crippen LogP contribution in [-0.4, -0.2) is 61.3 Å². The number of nitrogens with zero attached hydrogens (tertiary/aromatic N) is 3. The number of carbonyl (C=O) groups excluding carboxylic acids is 2. The number of anilines is 1. The molecule has 8 nitrogen and oxygen atoms in total. The van der Waals surface area contributed by atoms with Crippen LogP contribution in [0.25, 0.3) is 0 Å². The van der Waals surface area contributed by atoms with E-state index in [4.69, 9.17) is 4.74 Å². The van der Waals surface area contributed by atoms with Gasteiger partial charge in [-0.05, 0) is 13.0 Å². The Morgan fingerprint density at radius 2 is 2.33 bits per heavy atom. The van der Waals surface area contributed by atoms with Gasteiger partial charge in [0.05, 0.1) is 13.7 Å². The van der Waals surface area contributed by atoms with Crippen LogP contribution in [0.5, 0.6) is 0 Å². The smallest absolute Gasteiger partial charge is 0.376 e. The van der Waals surface area contributed by atoms with Crippen LogP contribution < -0.4 is 10.2 Å². The molecule has 1 saturated heterocycles. The van der Waals surface area contributed by atoms with Gasteiger partial charge in [-0.15, -0.1) is 0 Å². The molecule has 0 radical (unpaired) electrons. The maximum absolute atomic E-state index is 12.0. The molecule has 1 aromatic rings. The first kappa shape index (κ1) is 15.2. The molecule has 1 aliphatic heterocycles. The molecule has 1 N–H and O–H groups in total. The van der Waals surface area contributed by atoms with Gasteiger partial charge in [-0.25, -0.2) is 19.6 Å². The number of piperazine rings is 1. The van der Waals surface area contributed by atoms with E-state index in [0.29, 0.717) is 32.1 Å². The monoisotopic (exact) mass is 294 g/mol. The lowest BCUT2D eigenvalue weighted by Crippen LogP contribution is -2.56. The minimum absolute atomic E-state index is 0.0314. The van der Waals surface area contributed by atoms with Gasteiger partial charge in [-0.2, -0.15) is 0 Å². The maximum Gasteiger partial charge on any atom is 0.376 e. The van der Waals surface area contributed by atoms with E-state index in [0.717, 1.165) is 0 Å². The maximum atomic E-state index is 12.0. The van der Waals surface area contributed by atoms with Crippen molar-refractivity contribution in [2.24, 2.45) is 0 Å². The summed E-state index contributed by atoms with van der Waals surface area (Å²) < 4.78 is 9.68. The van der Waals surface area contributed by atoms with Crippen LogP contribution in [0, 0.1) is 0 Å². The average Bonchev–Trinajstić information content (AvgIpc) is 2.54. The number of aromatic nitrogens is 2. The molecule has 1 aromatic heterocycles. The highest BCUT2D eigenvalue weighted by molar-refractivity contribution is 5.85. The summed E-state index contributed by atoms with van der Waals surface area (Å²) in [5.41, 5.74) is 0. The van der Waals surface area contributed by atoms with E-state index in [1.54, 1.807) is 13.0 Å². The first-order valence-electron chi connectivity index (χ1n) is 6.72. The van der Waals surface area contributed by atoms with Crippen molar-refractivity contribution < 1.29 is 19.1 Å². The highest BCUT2D eigenvalue weighted by Crippen LogP contribution is 2.16. The molecule has 21 heavy (non-hydrogen) atoms. The minimum Gasteiger partial charge on any atom is -0.464 e. The Morgan fingerprint density at radius 3 is 3.05 bits per heavy atom. The SMILES string of the molecule is CCOC(=O)C1CNCCN1c1ccnc(C(=O)OC)n1. The number of ether oxygens (including phenoxy) is 2. The topological polar surface area (TPSA) is 93.7 Å². The van der Waals surface area contributed by atoms with E-state index in [-0.39, 0.29) is 11.8 Å². The summed E-state index contributed by atoms with van der Waals surface area (Å²) in [6.45, 7) is 3.85. The van der Waals surface area contributed by atoms with Crippen LogP contribution >= 0.6 is 0 Å². The lowest BCUT2D eigenvalue weighted by Gasteiger charge is -2.35. The van der Waals surface area contributed by atoms with Gasteiger partial charge in [0, 0.05) is 25.8 Å². The Bertz CT molecular complexity index is 523. The third-order valence-corrected chi connectivity index (χ3v) is 3.11. The molecule has 0 spiro atoms. The Hall–Kier alpha value is -2.22. The van der Waals surface area contributed by atoms with Crippen molar-refractivity contribution in [1.29, 1.82) is 0 Å². The summed E-state index contributed by atoms with van der Waals surface area (Å²) in [6, 6.07) is 1.18. The second kappa shape index (κ2) is 6.98. The van der Waals surface area contributed by atoms with Crippen LogP contribution in [0.1, 0.15) is 17.5 Å². The Morgan fingerprint density at radius 1 is 1.52 bits per heavy atom. The van der Waals surface area contributed by atoms with Crippen molar-refractivity contribution in [1.82, 2.24) is 15.3 Å². The van der Waals surface area contributed by atoms with E-state index in [2.05, 4.69) is 20.0 Å². The van der Waals surface area contributed by atoms with E-state index in [1.165, 1.54) is 13.3 Å². The van der Waals surface area contributed by atoms with Gasteiger partial charge in [-0.3, -0.25) is 0 Å². The molecular weight excluding hydrogens is 276 g/mol. The zero-order valence-corrected chi connectivity index (χ0v) is 12.0. The molecule has 1 fully saturated rings. The third kappa shape index (κ3) is 3.46. The second-order valence-electron chi connectivity index (χ2n) is 4.40. The van der Waals surface area contributed by atoms with Crippen molar-refractivity contribution in [3.8, 4) is 0 Å². The summed E-state index contributed by atoms with van der Waals surface area (Å²) in [6.07, 6.45) is 1.47. The lowest BCUT2D eigenvalue weighted by molar-refractivity contribution is -0.144. The van der Waals surface area contributed by atoms with E-state index >= 15 is 0 Å². The molecule has 2 rings (SSSR count). The number of esters is 2. The highest BCUT2D eigenvalue weighted by atomic mass is 16.5. The summed E-state index contributed by atoms with van der Waals surface area (Å²) in [7, 11) is 1.27. The molecule has 1 atom stereocenters. The van der Waals surface area contributed by atoms with Gasteiger partial charge in [0.2, 0.25) is 5.82 Å². The summed E-state index contributed by atoms with van der Waals surface area (Å²) in [5.74, 6) is -0.455. The van der Waals surface area contributed by atoms with Gasteiger partial charge in [0.1, 0.15) is 11.9 Å². The predicted octanol–water partition coefficient (Wildman–Crippen LogP) is -0.396. The first-order valence-corrected chi connectivity index (χ1v) is 6.72. The number of methoxy groups -OCH3 is 1. The molecule has 0 bridgehead atoms. The first-order chi connectivity index (χ1) is 10.2. The molecule has 0 aromatic carbocycles. The van der Waals surface area contributed by atoms with Crippen molar-refractivity contribution in [2.75, 3.05) is 38.3 Å². The summed E-state index contributed by atoms with van der Waals surface area (Å²) in [4.78, 5) is 33.4. The van der Waals surface area contributed by atoms with Gasteiger partial charge in [-0.1, -0.05) is 0 Å². The molecule has 2 heterocycles. The van der Waals surface area contributed by atoms with Crippen LogP contribution in [0.2, 0.25) is 0 Å². The number of hydrogen-bond donors (Lipinski definition) is 1. The quantitative estimate of drug-likeness (QED) is 0.750. The van der Waals surface area contributed by atoms with Crippen LogP contribution in [-0.2, 0) is 14.3 Å². The Kier molecular flexibility index (Phi) is 5.04. The van der Waals surface area contributed by atoms with Crippen LogP contribution in [0.3, 0.4) is 0 Å². The van der Waals surface area contributed by atoms with Crippen molar-refractivity contribution >= 4 is 17.8 Å². The fraction of sp³-hybridized carbons (Fsp3) is 0.538. The minimum atomic E-state index is -0.611. The van der Waals surface area contributed by atoms with Gasteiger partial charge < -0.3 is 19.7 Å². The van der Waals surface area contributed by atoms with Gasteiger partial charge >= 0.3 is 11.9 Å². The Balaban J connectivity index is 2.24.